The van der Waals surface area contributed by atoms with Gasteiger partial charge in [-0.2, -0.15) is 0 Å². The first-order valence-corrected chi connectivity index (χ1v) is 7.12. The van der Waals surface area contributed by atoms with Gasteiger partial charge in [-0.3, -0.25) is 14.3 Å². The van der Waals surface area contributed by atoms with E-state index in [1.165, 1.54) is 27.5 Å². The molecule has 1 aromatic rings. The lowest BCUT2D eigenvalue weighted by Gasteiger charge is -2.13. The van der Waals surface area contributed by atoms with Crippen LogP contribution in [0.25, 0.3) is 6.08 Å². The molecule has 98 valence electrons. The topological polar surface area (TPSA) is 84.3 Å². The summed E-state index contributed by atoms with van der Waals surface area (Å²) in [4.78, 5) is 27.0. The average molecular weight is 335 g/mol. The second kappa shape index (κ2) is 5.87. The van der Waals surface area contributed by atoms with E-state index >= 15 is 0 Å². The third kappa shape index (κ3) is 2.77. The molecule has 0 saturated carbocycles. The Labute approximate surface area is 115 Å². The summed E-state index contributed by atoms with van der Waals surface area (Å²) in [7, 11) is 0. The van der Waals surface area contributed by atoms with Crippen molar-refractivity contribution in [3.05, 3.63) is 37.6 Å². The number of aromatic amines is 1. The van der Waals surface area contributed by atoms with Crippen molar-refractivity contribution in [2.45, 2.75) is 11.7 Å². The van der Waals surface area contributed by atoms with Gasteiger partial charge in [0.1, 0.15) is 11.7 Å². The number of nitrogens with zero attached hydrogens (tertiary/aromatic N) is 1. The van der Waals surface area contributed by atoms with Gasteiger partial charge in [0, 0.05) is 11.9 Å². The van der Waals surface area contributed by atoms with Crippen molar-refractivity contribution in [2.24, 2.45) is 0 Å². The number of thioether (sulfide) groups is 1. The van der Waals surface area contributed by atoms with Crippen molar-refractivity contribution < 1.29 is 9.84 Å². The van der Waals surface area contributed by atoms with E-state index < -0.39 is 17.5 Å². The highest BCUT2D eigenvalue weighted by molar-refractivity contribution is 9.11. The number of rotatable bonds is 3. The third-order valence-electron chi connectivity index (χ3n) is 2.43. The zero-order valence-corrected chi connectivity index (χ0v) is 11.6. The predicted molar refractivity (Wildman–Crippen MR) is 72.7 cm³/mol. The highest BCUT2D eigenvalue weighted by Crippen LogP contribution is 2.30. The second-order valence-electron chi connectivity index (χ2n) is 3.58. The van der Waals surface area contributed by atoms with E-state index in [-0.39, 0.29) is 12.0 Å². The molecule has 0 amide bonds. The van der Waals surface area contributed by atoms with Crippen LogP contribution in [0.1, 0.15) is 11.8 Å². The Morgan fingerprint density at radius 1 is 1.67 bits per heavy atom. The summed E-state index contributed by atoms with van der Waals surface area (Å²) in [5.41, 5.74) is -0.941. The Morgan fingerprint density at radius 3 is 3.06 bits per heavy atom. The molecule has 0 spiro atoms. The maximum atomic E-state index is 11.7. The maximum Gasteiger partial charge on any atom is 0.330 e. The van der Waals surface area contributed by atoms with E-state index in [1.807, 2.05) is 0 Å². The van der Waals surface area contributed by atoms with Crippen LogP contribution >= 0.6 is 27.7 Å². The molecule has 8 heteroatoms. The van der Waals surface area contributed by atoms with E-state index in [1.54, 1.807) is 6.08 Å². The van der Waals surface area contributed by atoms with Gasteiger partial charge >= 0.3 is 5.69 Å². The molecule has 0 bridgehead atoms. The van der Waals surface area contributed by atoms with Crippen LogP contribution in [-0.2, 0) is 4.74 Å². The molecule has 6 nitrogen and oxygen atoms in total. The zero-order chi connectivity index (χ0) is 13.1. The average Bonchev–Trinajstić information content (AvgIpc) is 2.81. The standard InChI is InChI=1S/C10H11BrN2O4S/c11-2-1-6-3-13(10(16)12-9(6)15)7-5-18-8(4-14)17-7/h1-3,7-8,14H,4-5H2,(H,12,15,16)/b2-1+/t7-,8+/m0/s1. The molecule has 1 saturated heterocycles. The fourth-order valence-corrected chi connectivity index (χ4v) is 2.80. The van der Waals surface area contributed by atoms with Gasteiger partial charge in [0.05, 0.1) is 12.2 Å². The van der Waals surface area contributed by atoms with E-state index in [0.717, 1.165) is 0 Å². The molecule has 0 aromatic carbocycles. The number of halogens is 1. The highest BCUT2D eigenvalue weighted by Gasteiger charge is 2.27. The predicted octanol–water partition coefficient (Wildman–Crippen LogP) is 0.483. The van der Waals surface area contributed by atoms with Crippen LogP contribution in [0.2, 0.25) is 0 Å². The summed E-state index contributed by atoms with van der Waals surface area (Å²) in [6, 6.07) is 0. The molecule has 1 fully saturated rings. The summed E-state index contributed by atoms with van der Waals surface area (Å²) in [6.45, 7) is -0.104. The summed E-state index contributed by atoms with van der Waals surface area (Å²) >= 11 is 4.50. The van der Waals surface area contributed by atoms with Crippen LogP contribution in [0.5, 0.6) is 0 Å². The summed E-state index contributed by atoms with van der Waals surface area (Å²) in [5.74, 6) is 0.550. The lowest BCUT2D eigenvalue weighted by Crippen LogP contribution is -2.34. The van der Waals surface area contributed by atoms with Gasteiger partial charge in [-0.1, -0.05) is 15.9 Å². The van der Waals surface area contributed by atoms with Gasteiger partial charge < -0.3 is 9.84 Å². The molecule has 1 aliphatic rings. The minimum absolute atomic E-state index is 0.104. The quantitative estimate of drug-likeness (QED) is 0.840. The van der Waals surface area contributed by atoms with Crippen LogP contribution < -0.4 is 11.2 Å². The number of nitrogens with one attached hydrogen (secondary N) is 1. The minimum atomic E-state index is -0.518. The number of hydrogen-bond acceptors (Lipinski definition) is 5. The van der Waals surface area contributed by atoms with E-state index in [9.17, 15) is 9.59 Å². The molecule has 18 heavy (non-hydrogen) atoms. The molecule has 2 rings (SSSR count). The van der Waals surface area contributed by atoms with Crippen LogP contribution in [0, 0.1) is 0 Å². The Balaban J connectivity index is 2.36. The molecular weight excluding hydrogens is 324 g/mol. The number of aromatic nitrogens is 2. The van der Waals surface area contributed by atoms with E-state index in [4.69, 9.17) is 9.84 Å². The van der Waals surface area contributed by atoms with Crippen molar-refractivity contribution in [3.63, 3.8) is 0 Å². The number of hydrogen-bond donors (Lipinski definition) is 2. The first-order chi connectivity index (χ1) is 8.65. The monoisotopic (exact) mass is 334 g/mol. The molecule has 2 atom stereocenters. The first kappa shape index (κ1) is 13.6. The Kier molecular flexibility index (Phi) is 4.44. The molecule has 2 heterocycles. The smallest absolute Gasteiger partial charge is 0.330 e. The van der Waals surface area contributed by atoms with E-state index in [0.29, 0.717) is 11.3 Å². The number of ether oxygens (including phenoxy) is 1. The SMILES string of the molecule is O=c1[nH]c(=O)n([C@@H]2CS[C@H](CO)O2)cc1/C=C/Br. The van der Waals surface area contributed by atoms with Gasteiger partial charge in [-0.15, -0.1) is 11.8 Å². The van der Waals surface area contributed by atoms with Crippen LogP contribution in [0.3, 0.4) is 0 Å². The van der Waals surface area contributed by atoms with Gasteiger partial charge in [0.2, 0.25) is 0 Å². The molecule has 1 aliphatic heterocycles. The van der Waals surface area contributed by atoms with Crippen molar-refractivity contribution in [1.29, 1.82) is 0 Å². The Hall–Kier alpha value is -0.830. The van der Waals surface area contributed by atoms with Crippen molar-refractivity contribution in [2.75, 3.05) is 12.4 Å². The third-order valence-corrected chi connectivity index (χ3v) is 3.80. The first-order valence-electron chi connectivity index (χ1n) is 5.16. The summed E-state index contributed by atoms with van der Waals surface area (Å²) < 4.78 is 6.79. The Morgan fingerprint density at radius 2 is 2.44 bits per heavy atom. The van der Waals surface area contributed by atoms with Crippen molar-refractivity contribution in [1.82, 2.24) is 9.55 Å². The maximum absolute atomic E-state index is 11.7. The van der Waals surface area contributed by atoms with Crippen LogP contribution in [0.4, 0.5) is 0 Å². The van der Waals surface area contributed by atoms with Crippen LogP contribution in [0.15, 0.2) is 20.8 Å². The lowest BCUT2D eigenvalue weighted by atomic mass is 10.3. The number of H-pyrrole nitrogens is 1. The van der Waals surface area contributed by atoms with Gasteiger partial charge in [0.15, 0.2) is 0 Å². The minimum Gasteiger partial charge on any atom is -0.393 e. The highest BCUT2D eigenvalue weighted by atomic mass is 79.9. The molecular formula is C10H11BrN2O4S. The van der Waals surface area contributed by atoms with Gasteiger partial charge in [-0.05, 0) is 11.1 Å². The van der Waals surface area contributed by atoms with Gasteiger partial charge in [0.25, 0.3) is 5.56 Å². The van der Waals surface area contributed by atoms with Crippen molar-refractivity contribution in [3.8, 4) is 0 Å². The second-order valence-corrected chi connectivity index (χ2v) is 5.30. The molecule has 0 unspecified atom stereocenters. The molecule has 2 N–H and O–H groups in total. The molecule has 0 aliphatic carbocycles. The zero-order valence-electron chi connectivity index (χ0n) is 9.21. The number of aliphatic hydroxyl groups is 1. The number of aliphatic hydroxyl groups excluding tert-OH is 1. The van der Waals surface area contributed by atoms with Crippen molar-refractivity contribution >= 4 is 33.8 Å². The largest absolute Gasteiger partial charge is 0.393 e. The van der Waals surface area contributed by atoms with E-state index in [2.05, 4.69) is 20.9 Å². The summed E-state index contributed by atoms with van der Waals surface area (Å²) in [6.07, 6.45) is 2.52. The van der Waals surface area contributed by atoms with Crippen LogP contribution in [-0.4, -0.2) is 32.5 Å². The Bertz CT molecular complexity index is 568. The van der Waals surface area contributed by atoms with Gasteiger partial charge in [-0.25, -0.2) is 4.79 Å². The molecule has 1 aromatic heterocycles. The lowest BCUT2D eigenvalue weighted by molar-refractivity contribution is -0.00643. The fraction of sp³-hybridized carbons (Fsp3) is 0.400. The fourth-order valence-electron chi connectivity index (χ4n) is 1.59. The summed E-state index contributed by atoms with van der Waals surface area (Å²) in [5, 5.41) is 8.97. The molecule has 0 radical (unpaired) electrons. The normalized spacial score (nSPS) is 23.9.